The predicted molar refractivity (Wildman–Crippen MR) is 102 cm³/mol. The lowest BCUT2D eigenvalue weighted by molar-refractivity contribution is 0.0917. The lowest BCUT2D eigenvalue weighted by Crippen LogP contribution is -2.43. The van der Waals surface area contributed by atoms with Gasteiger partial charge >= 0.3 is 5.91 Å². The van der Waals surface area contributed by atoms with Crippen molar-refractivity contribution < 1.29 is 13.6 Å². The number of carbonyl (C=O) groups excluding carboxylic acids is 1. The zero-order valence-electron chi connectivity index (χ0n) is 13.3. The van der Waals surface area contributed by atoms with E-state index in [0.717, 1.165) is 0 Å². The van der Waals surface area contributed by atoms with Crippen molar-refractivity contribution in [2.24, 2.45) is 0 Å². The van der Waals surface area contributed by atoms with Crippen LogP contribution in [0.25, 0.3) is 11.3 Å². The number of anilines is 1. The van der Waals surface area contributed by atoms with Gasteiger partial charge in [-0.2, -0.15) is 0 Å². The van der Waals surface area contributed by atoms with Gasteiger partial charge in [-0.1, -0.05) is 23.7 Å². The molecule has 1 amide bonds. The van der Waals surface area contributed by atoms with Crippen LogP contribution in [0.5, 0.6) is 0 Å². The fraction of sp³-hybridized carbons (Fsp3) is 0. The molecule has 3 aromatic rings. The van der Waals surface area contributed by atoms with Crippen LogP contribution in [0.15, 0.2) is 65.1 Å². The summed E-state index contributed by atoms with van der Waals surface area (Å²) in [5, 5.41) is 3.47. The third-order valence-corrected chi connectivity index (χ3v) is 3.89. The van der Waals surface area contributed by atoms with Crippen LogP contribution in [-0.4, -0.2) is 11.0 Å². The number of rotatable bonds is 3. The summed E-state index contributed by atoms with van der Waals surface area (Å²) in [6.45, 7) is 0. The molecule has 0 bridgehead atoms. The van der Waals surface area contributed by atoms with Crippen LogP contribution in [0.4, 0.5) is 10.1 Å². The minimum absolute atomic E-state index is 0.0944. The molecular formula is C18H13ClFN3O2S. The van der Waals surface area contributed by atoms with Crippen LogP contribution >= 0.6 is 23.8 Å². The Labute approximate surface area is 159 Å². The molecule has 0 aliphatic carbocycles. The van der Waals surface area contributed by atoms with E-state index in [4.69, 9.17) is 28.2 Å². The molecule has 0 radical (unpaired) electrons. The maximum absolute atomic E-state index is 12.9. The van der Waals surface area contributed by atoms with Crippen LogP contribution in [-0.2, 0) is 0 Å². The van der Waals surface area contributed by atoms with Gasteiger partial charge in [-0.25, -0.2) is 4.39 Å². The molecule has 3 rings (SSSR count). The number of nitrogens with one attached hydrogen (secondary N) is 3. The average Bonchev–Trinajstić information content (AvgIpc) is 3.12. The third-order valence-electron chi connectivity index (χ3n) is 3.36. The van der Waals surface area contributed by atoms with Gasteiger partial charge in [-0.3, -0.25) is 15.6 Å². The maximum atomic E-state index is 12.9. The van der Waals surface area contributed by atoms with E-state index in [9.17, 15) is 9.18 Å². The molecule has 2 aromatic carbocycles. The molecule has 1 heterocycles. The van der Waals surface area contributed by atoms with E-state index >= 15 is 0 Å². The molecule has 0 spiro atoms. The van der Waals surface area contributed by atoms with Gasteiger partial charge in [0.15, 0.2) is 10.9 Å². The van der Waals surface area contributed by atoms with Crippen molar-refractivity contribution in [2.75, 3.05) is 5.32 Å². The highest BCUT2D eigenvalue weighted by atomic mass is 35.5. The Morgan fingerprint density at radius 2 is 1.73 bits per heavy atom. The van der Waals surface area contributed by atoms with Crippen molar-refractivity contribution in [3.63, 3.8) is 0 Å². The van der Waals surface area contributed by atoms with Crippen LogP contribution in [0.3, 0.4) is 0 Å². The van der Waals surface area contributed by atoms with Gasteiger partial charge in [0, 0.05) is 11.3 Å². The normalized spacial score (nSPS) is 10.2. The summed E-state index contributed by atoms with van der Waals surface area (Å²) >= 11 is 11.2. The Morgan fingerprint density at radius 1 is 1.00 bits per heavy atom. The highest BCUT2D eigenvalue weighted by Gasteiger charge is 2.14. The second-order valence-electron chi connectivity index (χ2n) is 5.18. The topological polar surface area (TPSA) is 66.3 Å². The summed E-state index contributed by atoms with van der Waals surface area (Å²) < 4.78 is 18.4. The minimum Gasteiger partial charge on any atom is -0.451 e. The van der Waals surface area contributed by atoms with Crippen molar-refractivity contribution in [3.8, 4) is 11.3 Å². The molecule has 0 saturated carbocycles. The van der Waals surface area contributed by atoms with Gasteiger partial charge in [-0.15, -0.1) is 0 Å². The third kappa shape index (κ3) is 4.38. The first-order valence-corrected chi connectivity index (χ1v) is 8.29. The fourth-order valence-electron chi connectivity index (χ4n) is 2.14. The van der Waals surface area contributed by atoms with Gasteiger partial charge in [0.05, 0.1) is 5.02 Å². The number of carbonyl (C=O) groups is 1. The minimum atomic E-state index is -0.508. The quantitative estimate of drug-likeness (QED) is 0.458. The van der Waals surface area contributed by atoms with E-state index in [-0.39, 0.29) is 16.7 Å². The fourth-order valence-corrected chi connectivity index (χ4v) is 2.53. The van der Waals surface area contributed by atoms with Crippen molar-refractivity contribution >= 4 is 40.5 Å². The van der Waals surface area contributed by atoms with E-state index < -0.39 is 5.91 Å². The van der Waals surface area contributed by atoms with Crippen molar-refractivity contribution in [1.29, 1.82) is 0 Å². The highest BCUT2D eigenvalue weighted by molar-refractivity contribution is 7.80. The van der Waals surface area contributed by atoms with E-state index in [0.29, 0.717) is 22.0 Å². The maximum Gasteiger partial charge on any atom is 0.305 e. The van der Waals surface area contributed by atoms with E-state index in [1.165, 1.54) is 30.3 Å². The first-order chi connectivity index (χ1) is 12.5. The van der Waals surface area contributed by atoms with Crippen molar-refractivity contribution in [3.05, 3.63) is 77.3 Å². The number of amides is 1. The number of thiocarbonyl (C=S) groups is 1. The first-order valence-electron chi connectivity index (χ1n) is 7.50. The molecule has 132 valence electrons. The molecule has 0 aliphatic rings. The van der Waals surface area contributed by atoms with Gasteiger partial charge in [0.2, 0.25) is 0 Å². The lowest BCUT2D eigenvalue weighted by atomic mass is 10.2. The van der Waals surface area contributed by atoms with Crippen molar-refractivity contribution in [2.45, 2.75) is 0 Å². The molecule has 8 heteroatoms. The number of hydrazine groups is 1. The molecule has 0 unspecified atom stereocenters. The molecule has 26 heavy (non-hydrogen) atoms. The van der Waals surface area contributed by atoms with Gasteiger partial charge < -0.3 is 9.73 Å². The summed E-state index contributed by atoms with van der Waals surface area (Å²) in [5.41, 5.74) is 6.23. The standard InChI is InChI=1S/C18H13ClFN3O2S/c19-14-4-2-1-3-13(14)15-9-10-16(25-15)17(24)22-23-18(26)21-12-7-5-11(20)6-8-12/h1-10H,(H,22,24)(H2,21,23,26). The molecule has 3 N–H and O–H groups in total. The zero-order chi connectivity index (χ0) is 18.5. The second-order valence-corrected chi connectivity index (χ2v) is 6.00. The Hall–Kier alpha value is -2.90. The van der Waals surface area contributed by atoms with Gasteiger partial charge in [-0.05, 0) is 60.7 Å². The van der Waals surface area contributed by atoms with Crippen LogP contribution in [0, 0.1) is 5.82 Å². The molecule has 0 aliphatic heterocycles. The lowest BCUT2D eigenvalue weighted by Gasteiger charge is -2.10. The summed E-state index contributed by atoms with van der Waals surface area (Å²) in [5.74, 6) is -0.286. The highest BCUT2D eigenvalue weighted by Crippen LogP contribution is 2.28. The summed E-state index contributed by atoms with van der Waals surface area (Å²) in [7, 11) is 0. The van der Waals surface area contributed by atoms with Gasteiger partial charge in [0.1, 0.15) is 11.6 Å². The number of benzene rings is 2. The first kappa shape index (κ1) is 17.9. The smallest absolute Gasteiger partial charge is 0.305 e. The van der Waals surface area contributed by atoms with Crippen molar-refractivity contribution in [1.82, 2.24) is 10.9 Å². The summed E-state index contributed by atoms with van der Waals surface area (Å²) in [4.78, 5) is 12.1. The van der Waals surface area contributed by atoms with Gasteiger partial charge in [0.25, 0.3) is 0 Å². The number of hydrogen-bond acceptors (Lipinski definition) is 3. The van der Waals surface area contributed by atoms with Crippen LogP contribution in [0.1, 0.15) is 10.6 Å². The molecule has 1 aromatic heterocycles. The monoisotopic (exact) mass is 389 g/mol. The molecule has 5 nitrogen and oxygen atoms in total. The van der Waals surface area contributed by atoms with E-state index in [1.807, 2.05) is 6.07 Å². The number of halogens is 2. The SMILES string of the molecule is O=C(NNC(=S)Nc1ccc(F)cc1)c1ccc(-c2ccccc2Cl)o1. The number of hydrogen-bond donors (Lipinski definition) is 3. The zero-order valence-corrected chi connectivity index (χ0v) is 14.8. The second kappa shape index (κ2) is 7.99. The van der Waals surface area contributed by atoms with E-state index in [2.05, 4.69) is 16.2 Å². The van der Waals surface area contributed by atoms with Crippen LogP contribution < -0.4 is 16.2 Å². The Balaban J connectivity index is 1.58. The predicted octanol–water partition coefficient (Wildman–Crippen LogP) is 4.37. The summed E-state index contributed by atoms with van der Waals surface area (Å²) in [6, 6.07) is 16.0. The van der Waals surface area contributed by atoms with Crippen LogP contribution in [0.2, 0.25) is 5.02 Å². The Kier molecular flexibility index (Phi) is 5.50. The van der Waals surface area contributed by atoms with E-state index in [1.54, 1.807) is 24.3 Å². The molecular weight excluding hydrogens is 377 g/mol. The Morgan fingerprint density at radius 3 is 2.46 bits per heavy atom. The summed E-state index contributed by atoms with van der Waals surface area (Å²) in [6.07, 6.45) is 0. The molecule has 0 atom stereocenters. The molecule has 0 fully saturated rings. The molecule has 0 saturated heterocycles. The number of furan rings is 1. The largest absolute Gasteiger partial charge is 0.451 e. The average molecular weight is 390 g/mol. The Bertz CT molecular complexity index is 944.